The standard InChI is InChI=1S/C11H11NO2.C4H6O6.H3N/c1-2-4-7-5-3-6-8-9(7)11(14)12-10(8)13;5-1(3(7)8)2(6)4(9)10;/h3,5-6H,2,4H2,1H3,(H,12,13,14);1-2,5-6H,(H,7,8)(H,9,10);1H3. The number of aryl methyl sites for hydroxylation is 1. The fourth-order valence-corrected chi connectivity index (χ4v) is 2.04. The number of benzene rings is 1. The molecular weight excluding hydrogens is 336 g/mol. The lowest BCUT2D eigenvalue weighted by Crippen LogP contribution is -2.39. The second-order valence-electron chi connectivity index (χ2n) is 4.94. The van der Waals surface area contributed by atoms with Crippen LogP contribution in [-0.4, -0.2) is 56.4 Å². The van der Waals surface area contributed by atoms with Crippen molar-refractivity contribution in [2.24, 2.45) is 0 Å². The predicted molar refractivity (Wildman–Crippen MR) is 84.5 cm³/mol. The van der Waals surface area contributed by atoms with Gasteiger partial charge in [0.15, 0.2) is 12.2 Å². The normalized spacial score (nSPS) is 14.2. The minimum Gasteiger partial charge on any atom is -0.479 e. The second kappa shape index (κ2) is 9.47. The predicted octanol–water partition coefficient (Wildman–Crippen LogP) is -0.438. The molecule has 0 aromatic heterocycles. The number of imide groups is 1. The van der Waals surface area contributed by atoms with Crippen LogP contribution in [0.15, 0.2) is 18.2 Å². The van der Waals surface area contributed by atoms with Crippen LogP contribution in [0.5, 0.6) is 0 Å². The van der Waals surface area contributed by atoms with Crippen molar-refractivity contribution < 1.29 is 39.6 Å². The summed E-state index contributed by atoms with van der Waals surface area (Å²) in [5.41, 5.74) is 2.05. The quantitative estimate of drug-likeness (QED) is 0.379. The highest BCUT2D eigenvalue weighted by Gasteiger charge is 2.29. The zero-order valence-electron chi connectivity index (χ0n) is 13.4. The van der Waals surface area contributed by atoms with E-state index >= 15 is 0 Å². The molecule has 0 bridgehead atoms. The van der Waals surface area contributed by atoms with Crippen LogP contribution in [0, 0.1) is 0 Å². The number of carbonyl (C=O) groups excluding carboxylic acids is 2. The molecule has 2 unspecified atom stereocenters. The van der Waals surface area contributed by atoms with Crippen LogP contribution in [0.1, 0.15) is 39.6 Å². The third-order valence-corrected chi connectivity index (χ3v) is 3.17. The summed E-state index contributed by atoms with van der Waals surface area (Å²) in [6.07, 6.45) is -2.73. The van der Waals surface area contributed by atoms with Crippen molar-refractivity contribution in [2.45, 2.75) is 32.0 Å². The van der Waals surface area contributed by atoms with Gasteiger partial charge in [-0.1, -0.05) is 25.5 Å². The van der Waals surface area contributed by atoms with Crippen LogP contribution in [-0.2, 0) is 16.0 Å². The summed E-state index contributed by atoms with van der Waals surface area (Å²) in [4.78, 5) is 42.3. The van der Waals surface area contributed by atoms with E-state index in [0.717, 1.165) is 18.4 Å². The Bertz CT molecular complexity index is 655. The molecule has 0 spiro atoms. The Morgan fingerprint density at radius 3 is 2.00 bits per heavy atom. The minimum absolute atomic E-state index is 0. The molecule has 1 aliphatic heterocycles. The Kier molecular flexibility index (Phi) is 8.40. The lowest BCUT2D eigenvalue weighted by molar-refractivity contribution is -0.165. The summed E-state index contributed by atoms with van der Waals surface area (Å²) in [7, 11) is 0. The summed E-state index contributed by atoms with van der Waals surface area (Å²) in [5, 5.41) is 34.8. The summed E-state index contributed by atoms with van der Waals surface area (Å²) in [6.45, 7) is 2.05. The Morgan fingerprint density at radius 2 is 1.56 bits per heavy atom. The van der Waals surface area contributed by atoms with E-state index in [9.17, 15) is 19.2 Å². The van der Waals surface area contributed by atoms with Crippen LogP contribution < -0.4 is 11.5 Å². The molecule has 25 heavy (non-hydrogen) atoms. The van der Waals surface area contributed by atoms with E-state index in [1.165, 1.54) is 0 Å². The summed E-state index contributed by atoms with van der Waals surface area (Å²) >= 11 is 0. The number of rotatable bonds is 5. The van der Waals surface area contributed by atoms with E-state index in [4.69, 9.17) is 20.4 Å². The molecule has 0 fully saturated rings. The molecule has 8 N–H and O–H groups in total. The van der Waals surface area contributed by atoms with E-state index in [2.05, 4.69) is 5.32 Å². The maximum Gasteiger partial charge on any atom is 0.335 e. The van der Waals surface area contributed by atoms with Gasteiger partial charge in [-0.05, 0) is 18.1 Å². The molecule has 0 radical (unpaired) electrons. The van der Waals surface area contributed by atoms with Crippen LogP contribution in [0.2, 0.25) is 0 Å². The van der Waals surface area contributed by atoms with Gasteiger partial charge in [-0.15, -0.1) is 0 Å². The number of carbonyl (C=O) groups is 4. The highest BCUT2D eigenvalue weighted by Crippen LogP contribution is 2.20. The number of fused-ring (bicyclic) bond motifs is 1. The number of aliphatic carboxylic acids is 2. The molecule has 1 aliphatic rings. The lowest BCUT2D eigenvalue weighted by Gasteiger charge is -2.07. The molecule has 2 rings (SSSR count). The van der Waals surface area contributed by atoms with Gasteiger partial charge in [0.1, 0.15) is 0 Å². The van der Waals surface area contributed by atoms with Crippen molar-refractivity contribution in [3.63, 3.8) is 0 Å². The van der Waals surface area contributed by atoms with E-state index in [0.29, 0.717) is 11.1 Å². The van der Waals surface area contributed by atoms with Gasteiger partial charge in [-0.25, -0.2) is 9.59 Å². The second-order valence-corrected chi connectivity index (χ2v) is 4.94. The molecule has 10 nitrogen and oxygen atoms in total. The van der Waals surface area contributed by atoms with Crippen LogP contribution >= 0.6 is 0 Å². The van der Waals surface area contributed by atoms with Crippen molar-refractivity contribution in [3.8, 4) is 0 Å². The van der Waals surface area contributed by atoms with Crippen molar-refractivity contribution in [3.05, 3.63) is 34.9 Å². The van der Waals surface area contributed by atoms with Gasteiger partial charge < -0.3 is 26.6 Å². The summed E-state index contributed by atoms with van der Waals surface area (Å²) < 4.78 is 0. The average molecular weight is 356 g/mol. The number of aliphatic hydroxyl groups excluding tert-OH is 2. The first-order chi connectivity index (χ1) is 11.2. The van der Waals surface area contributed by atoms with Crippen LogP contribution in [0.4, 0.5) is 0 Å². The molecule has 1 heterocycles. The van der Waals surface area contributed by atoms with Gasteiger partial charge in [0.05, 0.1) is 11.1 Å². The van der Waals surface area contributed by atoms with Gasteiger partial charge in [-0.3, -0.25) is 14.9 Å². The van der Waals surface area contributed by atoms with E-state index in [1.807, 2.05) is 19.1 Å². The number of nitrogens with one attached hydrogen (secondary N) is 1. The highest BCUT2D eigenvalue weighted by molar-refractivity contribution is 6.22. The third-order valence-electron chi connectivity index (χ3n) is 3.17. The monoisotopic (exact) mass is 356 g/mol. The maximum absolute atomic E-state index is 11.4. The number of aliphatic hydroxyl groups is 2. The number of carboxylic acid groups (broad SMARTS) is 2. The third kappa shape index (κ3) is 5.35. The Morgan fingerprint density at radius 1 is 1.04 bits per heavy atom. The zero-order chi connectivity index (χ0) is 18.4. The molecule has 0 aliphatic carbocycles. The topological polar surface area (TPSA) is 196 Å². The minimum atomic E-state index is -2.27. The molecule has 1 aromatic carbocycles. The molecule has 1 aromatic rings. The number of hydrogen-bond acceptors (Lipinski definition) is 7. The molecule has 0 saturated carbocycles. The lowest BCUT2D eigenvalue weighted by atomic mass is 9.99. The van der Waals surface area contributed by atoms with Crippen LogP contribution in [0.3, 0.4) is 0 Å². The number of hydrogen-bond donors (Lipinski definition) is 6. The molecule has 0 saturated heterocycles. The first kappa shape index (κ1) is 22.2. The van der Waals surface area contributed by atoms with Gasteiger partial charge in [0.25, 0.3) is 11.8 Å². The Balaban J connectivity index is 0.000000471. The highest BCUT2D eigenvalue weighted by atomic mass is 16.4. The van der Waals surface area contributed by atoms with Crippen LogP contribution in [0.25, 0.3) is 0 Å². The summed E-state index contributed by atoms with van der Waals surface area (Å²) in [5.74, 6) is -4.07. The van der Waals surface area contributed by atoms with Gasteiger partial charge in [-0.2, -0.15) is 0 Å². The number of amides is 2. The molecule has 138 valence electrons. The van der Waals surface area contributed by atoms with E-state index < -0.39 is 24.1 Å². The number of carboxylic acids is 2. The van der Waals surface area contributed by atoms with Crippen molar-refractivity contribution in [1.82, 2.24) is 11.5 Å². The Labute approximate surface area is 142 Å². The summed E-state index contributed by atoms with van der Waals surface area (Å²) in [6, 6.07) is 5.41. The fraction of sp³-hybridized carbons (Fsp3) is 0.333. The van der Waals surface area contributed by atoms with Crippen molar-refractivity contribution in [2.75, 3.05) is 0 Å². The maximum atomic E-state index is 11.4. The SMILES string of the molecule is CCCc1cccc2c1C(=O)NC2=O.N.O=C(O)C(O)C(O)C(=O)O. The first-order valence-electron chi connectivity index (χ1n) is 7.00. The van der Waals surface area contributed by atoms with Gasteiger partial charge in [0, 0.05) is 0 Å². The largest absolute Gasteiger partial charge is 0.479 e. The van der Waals surface area contributed by atoms with E-state index in [-0.39, 0.29) is 18.0 Å². The van der Waals surface area contributed by atoms with Crippen molar-refractivity contribution >= 4 is 23.8 Å². The van der Waals surface area contributed by atoms with E-state index in [1.54, 1.807) is 6.07 Å². The Hall–Kier alpha value is -2.82. The molecule has 2 amide bonds. The molecule has 2 atom stereocenters. The average Bonchev–Trinajstić information content (AvgIpc) is 2.82. The zero-order valence-corrected chi connectivity index (χ0v) is 13.4. The molecular formula is C15H20N2O8. The van der Waals surface area contributed by atoms with Gasteiger partial charge in [0.2, 0.25) is 0 Å². The van der Waals surface area contributed by atoms with Gasteiger partial charge >= 0.3 is 11.9 Å². The molecule has 10 heteroatoms. The fourth-order valence-electron chi connectivity index (χ4n) is 2.04. The first-order valence-corrected chi connectivity index (χ1v) is 7.00. The van der Waals surface area contributed by atoms with Crippen molar-refractivity contribution in [1.29, 1.82) is 0 Å². The smallest absolute Gasteiger partial charge is 0.335 e.